The van der Waals surface area contributed by atoms with E-state index in [0.717, 1.165) is 49.9 Å². The topological polar surface area (TPSA) is 72.0 Å². The molecule has 1 aromatic heterocycles. The molecule has 30 heavy (non-hydrogen) atoms. The summed E-state index contributed by atoms with van der Waals surface area (Å²) >= 11 is 1.80. The molecule has 0 spiro atoms. The van der Waals surface area contributed by atoms with E-state index >= 15 is 0 Å². The molecule has 8 heteroatoms. The summed E-state index contributed by atoms with van der Waals surface area (Å²) in [5.74, 6) is 0.960. The Morgan fingerprint density at radius 3 is 2.47 bits per heavy atom. The lowest BCUT2D eigenvalue weighted by atomic mass is 10.2. The van der Waals surface area contributed by atoms with Crippen LogP contribution in [0.2, 0.25) is 0 Å². The molecular formula is C22H32N6OS. The Hall–Kier alpha value is -2.74. The van der Waals surface area contributed by atoms with Crippen LogP contribution in [0.3, 0.4) is 0 Å². The number of aliphatic imine (C=N–C) groups is 1. The molecule has 3 N–H and O–H groups in total. The van der Waals surface area contributed by atoms with Gasteiger partial charge in [0.25, 0.3) is 0 Å². The molecule has 2 amide bonds. The lowest BCUT2D eigenvalue weighted by molar-refractivity contribution is 0.250. The van der Waals surface area contributed by atoms with Gasteiger partial charge in [-0.25, -0.2) is 9.79 Å². The molecule has 2 heterocycles. The van der Waals surface area contributed by atoms with Crippen molar-refractivity contribution >= 4 is 34.0 Å². The van der Waals surface area contributed by atoms with Gasteiger partial charge in [-0.15, -0.1) is 11.3 Å². The molecule has 2 aromatic rings. The van der Waals surface area contributed by atoms with Gasteiger partial charge in [0.15, 0.2) is 5.96 Å². The first-order valence-electron chi connectivity index (χ1n) is 10.5. The van der Waals surface area contributed by atoms with E-state index in [1.165, 1.54) is 5.00 Å². The van der Waals surface area contributed by atoms with Crippen molar-refractivity contribution in [2.75, 3.05) is 42.9 Å². The molecule has 7 nitrogen and oxygen atoms in total. The summed E-state index contributed by atoms with van der Waals surface area (Å²) < 4.78 is 0. The molecule has 1 aliphatic heterocycles. The number of thiophene rings is 1. The molecule has 0 bridgehead atoms. The van der Waals surface area contributed by atoms with Crippen LogP contribution in [0.1, 0.15) is 26.3 Å². The minimum atomic E-state index is -0.188. The Morgan fingerprint density at radius 1 is 1.13 bits per heavy atom. The maximum absolute atomic E-state index is 11.8. The number of guanidine groups is 1. The number of amides is 2. The standard InChI is InChI=1S/C22H32N6OS/c1-4-23-21(28-13-11-27(12-14-28)20-6-5-15-30-20)24-16-18-7-9-19(10-8-18)26-22(29)25-17(2)3/h5-10,15,17H,4,11-14,16H2,1-3H3,(H,23,24)(H2,25,26,29). The van der Waals surface area contributed by atoms with Crippen LogP contribution in [0.4, 0.5) is 15.5 Å². The lowest BCUT2D eigenvalue weighted by Gasteiger charge is -2.37. The first-order chi connectivity index (χ1) is 14.5. The predicted molar refractivity (Wildman–Crippen MR) is 127 cm³/mol. The van der Waals surface area contributed by atoms with Gasteiger partial charge in [-0.3, -0.25) is 0 Å². The number of hydrogen-bond acceptors (Lipinski definition) is 4. The van der Waals surface area contributed by atoms with Crippen molar-refractivity contribution in [2.24, 2.45) is 4.99 Å². The Kier molecular flexibility index (Phi) is 7.96. The van der Waals surface area contributed by atoms with E-state index in [1.807, 2.05) is 38.1 Å². The van der Waals surface area contributed by atoms with Crippen LogP contribution in [0.5, 0.6) is 0 Å². The average Bonchev–Trinajstić information content (AvgIpc) is 3.27. The monoisotopic (exact) mass is 428 g/mol. The van der Waals surface area contributed by atoms with Crippen molar-refractivity contribution in [3.05, 3.63) is 47.3 Å². The van der Waals surface area contributed by atoms with Crippen molar-refractivity contribution in [3.8, 4) is 0 Å². The summed E-state index contributed by atoms with van der Waals surface area (Å²) in [6, 6.07) is 12.1. The highest BCUT2D eigenvalue weighted by Gasteiger charge is 2.20. The van der Waals surface area contributed by atoms with Gasteiger partial charge in [0.05, 0.1) is 11.5 Å². The Bertz CT molecular complexity index is 811. The van der Waals surface area contributed by atoms with Gasteiger partial charge in [-0.2, -0.15) is 0 Å². The Balaban J connectivity index is 1.55. The Labute approximate surface area is 183 Å². The predicted octanol–water partition coefficient (Wildman–Crippen LogP) is 3.57. The quantitative estimate of drug-likeness (QED) is 0.486. The highest BCUT2D eigenvalue weighted by atomic mass is 32.1. The number of nitrogens with one attached hydrogen (secondary N) is 3. The second-order valence-corrected chi connectivity index (χ2v) is 8.47. The zero-order chi connectivity index (χ0) is 21.3. The largest absolute Gasteiger partial charge is 0.360 e. The van der Waals surface area contributed by atoms with E-state index in [-0.39, 0.29) is 12.1 Å². The van der Waals surface area contributed by atoms with E-state index in [9.17, 15) is 4.79 Å². The van der Waals surface area contributed by atoms with Crippen LogP contribution >= 0.6 is 11.3 Å². The van der Waals surface area contributed by atoms with Gasteiger partial charge in [0.2, 0.25) is 0 Å². The second kappa shape index (κ2) is 10.9. The van der Waals surface area contributed by atoms with Crippen LogP contribution in [0.25, 0.3) is 0 Å². The normalized spacial score (nSPS) is 14.7. The number of piperazine rings is 1. The van der Waals surface area contributed by atoms with Gasteiger partial charge in [0.1, 0.15) is 0 Å². The lowest BCUT2D eigenvalue weighted by Crippen LogP contribution is -2.52. The smallest absolute Gasteiger partial charge is 0.319 e. The zero-order valence-corrected chi connectivity index (χ0v) is 18.8. The molecule has 0 aliphatic carbocycles. The van der Waals surface area contributed by atoms with Crippen LogP contribution < -0.4 is 20.9 Å². The molecule has 162 valence electrons. The number of rotatable bonds is 6. The molecule has 3 rings (SSSR count). The summed E-state index contributed by atoms with van der Waals surface area (Å²) in [6.45, 7) is 11.3. The van der Waals surface area contributed by atoms with E-state index < -0.39 is 0 Å². The van der Waals surface area contributed by atoms with Crippen molar-refractivity contribution in [3.63, 3.8) is 0 Å². The molecule has 1 saturated heterocycles. The number of nitrogens with zero attached hydrogens (tertiary/aromatic N) is 3. The van der Waals surface area contributed by atoms with Crippen LogP contribution in [0.15, 0.2) is 46.8 Å². The van der Waals surface area contributed by atoms with Crippen molar-refractivity contribution in [2.45, 2.75) is 33.4 Å². The van der Waals surface area contributed by atoms with Crippen molar-refractivity contribution in [1.82, 2.24) is 15.5 Å². The van der Waals surface area contributed by atoms with E-state index in [0.29, 0.717) is 6.54 Å². The third-order valence-electron chi connectivity index (χ3n) is 4.77. The fourth-order valence-corrected chi connectivity index (χ4v) is 4.09. The first kappa shape index (κ1) is 22.0. The minimum Gasteiger partial charge on any atom is -0.360 e. The molecule has 1 aromatic carbocycles. The van der Waals surface area contributed by atoms with Crippen LogP contribution in [-0.2, 0) is 6.54 Å². The molecule has 0 unspecified atom stereocenters. The van der Waals surface area contributed by atoms with Gasteiger partial charge >= 0.3 is 6.03 Å². The number of anilines is 2. The van der Waals surface area contributed by atoms with Crippen LogP contribution in [0, 0.1) is 0 Å². The van der Waals surface area contributed by atoms with Crippen molar-refractivity contribution in [1.29, 1.82) is 0 Å². The maximum atomic E-state index is 11.8. The molecule has 1 aliphatic rings. The fourth-order valence-electron chi connectivity index (χ4n) is 3.30. The van der Waals surface area contributed by atoms with Gasteiger partial charge in [-0.1, -0.05) is 12.1 Å². The summed E-state index contributed by atoms with van der Waals surface area (Å²) in [6.07, 6.45) is 0. The number of carbonyl (C=O) groups is 1. The van der Waals surface area contributed by atoms with Crippen molar-refractivity contribution < 1.29 is 4.79 Å². The third-order valence-corrected chi connectivity index (χ3v) is 5.70. The van der Waals surface area contributed by atoms with Gasteiger partial charge in [-0.05, 0) is 56.0 Å². The Morgan fingerprint density at radius 2 is 1.87 bits per heavy atom. The highest BCUT2D eigenvalue weighted by Crippen LogP contribution is 2.22. The van der Waals surface area contributed by atoms with E-state index in [1.54, 1.807) is 11.3 Å². The minimum absolute atomic E-state index is 0.107. The highest BCUT2D eigenvalue weighted by molar-refractivity contribution is 7.14. The third kappa shape index (κ3) is 6.38. The maximum Gasteiger partial charge on any atom is 0.319 e. The van der Waals surface area contributed by atoms with E-state index in [4.69, 9.17) is 4.99 Å². The number of benzene rings is 1. The average molecular weight is 429 g/mol. The van der Waals surface area contributed by atoms with Crippen LogP contribution in [-0.4, -0.2) is 55.7 Å². The molecule has 0 saturated carbocycles. The van der Waals surface area contributed by atoms with E-state index in [2.05, 4.69) is 50.2 Å². The SMILES string of the molecule is CCNC(=NCc1ccc(NC(=O)NC(C)C)cc1)N1CCN(c2cccs2)CC1. The molecular weight excluding hydrogens is 396 g/mol. The van der Waals surface area contributed by atoms with Gasteiger partial charge < -0.3 is 25.8 Å². The molecule has 1 fully saturated rings. The zero-order valence-electron chi connectivity index (χ0n) is 18.0. The first-order valence-corrected chi connectivity index (χ1v) is 11.4. The number of hydrogen-bond donors (Lipinski definition) is 3. The summed E-state index contributed by atoms with van der Waals surface area (Å²) in [7, 11) is 0. The summed E-state index contributed by atoms with van der Waals surface area (Å²) in [5, 5.41) is 12.6. The number of carbonyl (C=O) groups excluding carboxylic acids is 1. The number of urea groups is 1. The molecule has 0 radical (unpaired) electrons. The van der Waals surface area contributed by atoms with Gasteiger partial charge in [0, 0.05) is 44.5 Å². The summed E-state index contributed by atoms with van der Waals surface area (Å²) in [5.41, 5.74) is 1.88. The summed E-state index contributed by atoms with van der Waals surface area (Å²) in [4.78, 5) is 21.4. The fraction of sp³-hybridized carbons (Fsp3) is 0.455. The molecule has 0 atom stereocenters. The second-order valence-electron chi connectivity index (χ2n) is 7.55.